The Hall–Kier alpha value is -0.100. The summed E-state index contributed by atoms with van der Waals surface area (Å²) in [7, 11) is 0. The van der Waals surface area contributed by atoms with Gasteiger partial charge in [-0.05, 0) is 35.1 Å². The number of nitrogens with zero attached hydrogens (tertiary/aromatic N) is 2. The molecule has 1 aromatic heterocycles. The van der Waals surface area contributed by atoms with Gasteiger partial charge in [-0.2, -0.15) is 5.10 Å². The van der Waals surface area contributed by atoms with Crippen molar-refractivity contribution in [2.24, 2.45) is 0 Å². The van der Waals surface area contributed by atoms with Gasteiger partial charge in [0, 0.05) is 12.8 Å². The molecule has 0 saturated carbocycles. The van der Waals surface area contributed by atoms with Crippen LogP contribution in [0.1, 0.15) is 19.8 Å². The first kappa shape index (κ1) is 11.0. The minimum absolute atomic E-state index is 0.762. The van der Waals surface area contributed by atoms with Gasteiger partial charge in [0.25, 0.3) is 0 Å². The fourth-order valence-electron chi connectivity index (χ4n) is 0.968. The monoisotopic (exact) mass is 294 g/mol. The summed E-state index contributed by atoms with van der Waals surface area (Å²) < 4.78 is 8.37. The summed E-state index contributed by atoms with van der Waals surface area (Å²) in [6, 6.07) is 1.99. The third-order valence-electron chi connectivity index (χ3n) is 1.72. The molecule has 74 valence electrons. The standard InChI is InChI=1S/C9H15IN2O/c1-2-3-7-13-8-6-12-5-4-9(10)11-12/h4-5H,2-3,6-8H2,1H3. The topological polar surface area (TPSA) is 27.1 Å². The van der Waals surface area contributed by atoms with Crippen LogP contribution in [-0.2, 0) is 11.3 Å². The van der Waals surface area contributed by atoms with Crippen molar-refractivity contribution in [3.63, 3.8) is 0 Å². The number of hydrogen-bond acceptors (Lipinski definition) is 2. The van der Waals surface area contributed by atoms with E-state index in [0.717, 1.165) is 29.9 Å². The van der Waals surface area contributed by atoms with Crippen molar-refractivity contribution in [3.05, 3.63) is 16.0 Å². The third kappa shape index (κ3) is 4.61. The maximum atomic E-state index is 5.42. The number of aromatic nitrogens is 2. The van der Waals surface area contributed by atoms with Crippen LogP contribution in [0.5, 0.6) is 0 Å². The van der Waals surface area contributed by atoms with Crippen LogP contribution in [0.15, 0.2) is 12.3 Å². The summed E-state index contributed by atoms with van der Waals surface area (Å²) in [5, 5.41) is 4.25. The Balaban J connectivity index is 2.06. The van der Waals surface area contributed by atoms with Crippen molar-refractivity contribution in [1.82, 2.24) is 9.78 Å². The molecule has 0 unspecified atom stereocenters. The zero-order valence-electron chi connectivity index (χ0n) is 7.87. The van der Waals surface area contributed by atoms with E-state index in [1.54, 1.807) is 0 Å². The van der Waals surface area contributed by atoms with Gasteiger partial charge in [-0.3, -0.25) is 4.68 Å². The Morgan fingerprint density at radius 2 is 2.38 bits per heavy atom. The van der Waals surface area contributed by atoms with Gasteiger partial charge in [-0.25, -0.2) is 0 Å². The number of halogens is 1. The molecule has 0 aliphatic rings. The fourth-order valence-corrected chi connectivity index (χ4v) is 1.41. The summed E-state index contributed by atoms with van der Waals surface area (Å²) in [6.45, 7) is 4.65. The Kier molecular flexibility index (Phi) is 5.38. The molecule has 0 bridgehead atoms. The highest BCUT2D eigenvalue weighted by Crippen LogP contribution is 1.98. The summed E-state index contributed by atoms with van der Waals surface area (Å²) in [5.74, 6) is 0. The molecular weight excluding hydrogens is 279 g/mol. The molecule has 0 aliphatic heterocycles. The zero-order chi connectivity index (χ0) is 9.52. The average Bonchev–Trinajstić information content (AvgIpc) is 2.51. The lowest BCUT2D eigenvalue weighted by Gasteiger charge is -2.02. The molecule has 0 atom stereocenters. The minimum Gasteiger partial charge on any atom is -0.380 e. The van der Waals surface area contributed by atoms with Gasteiger partial charge in [0.2, 0.25) is 0 Å². The summed E-state index contributed by atoms with van der Waals surface area (Å²) >= 11 is 2.20. The SMILES string of the molecule is CCCCOCCn1ccc(I)n1. The molecule has 0 radical (unpaired) electrons. The first-order valence-electron chi connectivity index (χ1n) is 4.59. The van der Waals surface area contributed by atoms with Gasteiger partial charge < -0.3 is 4.74 Å². The Bertz CT molecular complexity index is 237. The highest BCUT2D eigenvalue weighted by atomic mass is 127. The van der Waals surface area contributed by atoms with Gasteiger partial charge in [-0.1, -0.05) is 13.3 Å². The van der Waals surface area contributed by atoms with Crippen molar-refractivity contribution in [3.8, 4) is 0 Å². The summed E-state index contributed by atoms with van der Waals surface area (Å²) in [4.78, 5) is 0. The van der Waals surface area contributed by atoms with E-state index in [2.05, 4.69) is 34.6 Å². The van der Waals surface area contributed by atoms with Crippen molar-refractivity contribution >= 4 is 22.6 Å². The van der Waals surface area contributed by atoms with Crippen LogP contribution >= 0.6 is 22.6 Å². The average molecular weight is 294 g/mol. The molecule has 0 spiro atoms. The van der Waals surface area contributed by atoms with E-state index in [9.17, 15) is 0 Å². The quantitative estimate of drug-likeness (QED) is 0.594. The van der Waals surface area contributed by atoms with Gasteiger partial charge in [0.05, 0.1) is 13.2 Å². The molecular formula is C9H15IN2O. The van der Waals surface area contributed by atoms with E-state index in [1.807, 2.05) is 16.9 Å². The second-order valence-electron chi connectivity index (χ2n) is 2.87. The lowest BCUT2D eigenvalue weighted by Crippen LogP contribution is -2.07. The Morgan fingerprint density at radius 3 is 3.00 bits per heavy atom. The van der Waals surface area contributed by atoms with Gasteiger partial charge in [-0.15, -0.1) is 0 Å². The molecule has 0 aliphatic carbocycles. The lowest BCUT2D eigenvalue weighted by atomic mass is 10.4. The van der Waals surface area contributed by atoms with E-state index >= 15 is 0 Å². The largest absolute Gasteiger partial charge is 0.380 e. The molecule has 1 heterocycles. The number of unbranched alkanes of at least 4 members (excludes halogenated alkanes) is 1. The van der Waals surface area contributed by atoms with E-state index in [1.165, 1.54) is 6.42 Å². The maximum absolute atomic E-state index is 5.42. The van der Waals surface area contributed by atoms with Crippen LogP contribution in [-0.4, -0.2) is 23.0 Å². The molecule has 0 N–H and O–H groups in total. The van der Waals surface area contributed by atoms with E-state index in [-0.39, 0.29) is 0 Å². The van der Waals surface area contributed by atoms with E-state index < -0.39 is 0 Å². The molecule has 3 nitrogen and oxygen atoms in total. The Labute approximate surface area is 92.6 Å². The van der Waals surface area contributed by atoms with Crippen LogP contribution in [0.2, 0.25) is 0 Å². The molecule has 0 fully saturated rings. The minimum atomic E-state index is 0.762. The van der Waals surface area contributed by atoms with E-state index in [4.69, 9.17) is 4.74 Å². The van der Waals surface area contributed by atoms with Crippen molar-refractivity contribution in [2.75, 3.05) is 13.2 Å². The normalized spacial score (nSPS) is 10.6. The molecule has 0 amide bonds. The molecule has 0 aromatic carbocycles. The molecule has 1 aromatic rings. The second kappa shape index (κ2) is 6.37. The van der Waals surface area contributed by atoms with E-state index in [0.29, 0.717) is 0 Å². The van der Waals surface area contributed by atoms with Crippen LogP contribution in [0.25, 0.3) is 0 Å². The number of hydrogen-bond donors (Lipinski definition) is 0. The van der Waals surface area contributed by atoms with Gasteiger partial charge in [0.15, 0.2) is 0 Å². The first-order chi connectivity index (χ1) is 6.33. The number of ether oxygens (including phenoxy) is 1. The Morgan fingerprint density at radius 1 is 1.54 bits per heavy atom. The first-order valence-corrected chi connectivity index (χ1v) is 5.67. The predicted octanol–water partition coefficient (Wildman–Crippen LogP) is 2.30. The fraction of sp³-hybridized carbons (Fsp3) is 0.667. The van der Waals surface area contributed by atoms with Crippen LogP contribution in [0, 0.1) is 3.70 Å². The van der Waals surface area contributed by atoms with Crippen molar-refractivity contribution < 1.29 is 4.74 Å². The third-order valence-corrected chi connectivity index (χ3v) is 2.29. The molecule has 13 heavy (non-hydrogen) atoms. The number of rotatable bonds is 6. The van der Waals surface area contributed by atoms with Crippen molar-refractivity contribution in [1.29, 1.82) is 0 Å². The predicted molar refractivity (Wildman–Crippen MR) is 60.7 cm³/mol. The lowest BCUT2D eigenvalue weighted by molar-refractivity contribution is 0.121. The van der Waals surface area contributed by atoms with Crippen LogP contribution < -0.4 is 0 Å². The van der Waals surface area contributed by atoms with Gasteiger partial charge >= 0.3 is 0 Å². The zero-order valence-corrected chi connectivity index (χ0v) is 10.0. The van der Waals surface area contributed by atoms with Crippen LogP contribution in [0.4, 0.5) is 0 Å². The molecule has 1 rings (SSSR count). The molecule has 0 saturated heterocycles. The smallest absolute Gasteiger partial charge is 0.123 e. The highest BCUT2D eigenvalue weighted by molar-refractivity contribution is 14.1. The second-order valence-corrected chi connectivity index (χ2v) is 3.97. The summed E-state index contributed by atoms with van der Waals surface area (Å²) in [6.07, 6.45) is 4.32. The van der Waals surface area contributed by atoms with Crippen LogP contribution in [0.3, 0.4) is 0 Å². The molecule has 4 heteroatoms. The maximum Gasteiger partial charge on any atom is 0.123 e. The summed E-state index contributed by atoms with van der Waals surface area (Å²) in [5.41, 5.74) is 0. The highest BCUT2D eigenvalue weighted by Gasteiger charge is 1.94. The van der Waals surface area contributed by atoms with Gasteiger partial charge in [0.1, 0.15) is 3.70 Å². The van der Waals surface area contributed by atoms with Crippen molar-refractivity contribution in [2.45, 2.75) is 26.3 Å².